The van der Waals surface area contributed by atoms with E-state index in [2.05, 4.69) is 33.8 Å². The molecule has 0 amide bonds. The van der Waals surface area contributed by atoms with Crippen molar-refractivity contribution in [2.24, 2.45) is 0 Å². The van der Waals surface area contributed by atoms with Gasteiger partial charge in [-0.05, 0) is 30.0 Å². The van der Waals surface area contributed by atoms with Crippen molar-refractivity contribution in [1.82, 2.24) is 20.3 Å². The monoisotopic (exact) mass is 328 g/mol. The minimum absolute atomic E-state index is 0.0536. The zero-order valence-electron chi connectivity index (χ0n) is 13.8. The standard InChI is InChI=1S/C18H24N4O2/c23-12-15-11-22(21-20-15)17-4-2-1-3-16(17)19-10-13-5-6-18-14(9-13)7-8-24-18/h5-6,9,11,16-17,19,23H,1-4,7-8,10,12H2/t16-,17+/m0/s1. The van der Waals surface area contributed by atoms with Crippen LogP contribution in [0.2, 0.25) is 0 Å². The van der Waals surface area contributed by atoms with Gasteiger partial charge in [0.2, 0.25) is 0 Å². The van der Waals surface area contributed by atoms with Gasteiger partial charge in [0.15, 0.2) is 0 Å². The quantitative estimate of drug-likeness (QED) is 0.878. The van der Waals surface area contributed by atoms with Gasteiger partial charge in [-0.15, -0.1) is 5.10 Å². The molecule has 1 aliphatic carbocycles. The van der Waals surface area contributed by atoms with E-state index in [1.54, 1.807) is 0 Å². The van der Waals surface area contributed by atoms with E-state index in [-0.39, 0.29) is 6.61 Å². The maximum absolute atomic E-state index is 9.20. The molecule has 1 fully saturated rings. The van der Waals surface area contributed by atoms with Crippen molar-refractivity contribution in [2.45, 2.75) is 57.3 Å². The van der Waals surface area contributed by atoms with E-state index in [1.807, 2.05) is 10.9 Å². The highest BCUT2D eigenvalue weighted by molar-refractivity contribution is 5.39. The number of fused-ring (bicyclic) bond motifs is 1. The molecule has 1 aromatic heterocycles. The van der Waals surface area contributed by atoms with Gasteiger partial charge in [0, 0.05) is 19.0 Å². The molecule has 2 aliphatic rings. The first-order valence-corrected chi connectivity index (χ1v) is 8.83. The lowest BCUT2D eigenvalue weighted by molar-refractivity contribution is 0.242. The molecule has 2 aromatic rings. The highest BCUT2D eigenvalue weighted by Gasteiger charge is 2.27. The maximum atomic E-state index is 9.20. The Balaban J connectivity index is 1.43. The molecule has 0 unspecified atom stereocenters. The highest BCUT2D eigenvalue weighted by Crippen LogP contribution is 2.29. The third kappa shape index (κ3) is 3.16. The molecule has 24 heavy (non-hydrogen) atoms. The van der Waals surface area contributed by atoms with E-state index >= 15 is 0 Å². The molecule has 2 heterocycles. The van der Waals surface area contributed by atoms with Crippen molar-refractivity contribution in [3.05, 3.63) is 41.2 Å². The van der Waals surface area contributed by atoms with Crippen molar-refractivity contribution in [1.29, 1.82) is 0 Å². The first kappa shape index (κ1) is 15.6. The van der Waals surface area contributed by atoms with Crippen molar-refractivity contribution in [3.8, 4) is 5.75 Å². The van der Waals surface area contributed by atoms with E-state index in [1.165, 1.54) is 24.0 Å². The van der Waals surface area contributed by atoms with Gasteiger partial charge in [0.05, 0.1) is 25.5 Å². The van der Waals surface area contributed by atoms with Crippen molar-refractivity contribution < 1.29 is 9.84 Å². The minimum Gasteiger partial charge on any atom is -0.493 e. The normalized spacial score (nSPS) is 23.0. The molecule has 2 N–H and O–H groups in total. The van der Waals surface area contributed by atoms with E-state index in [0.29, 0.717) is 17.8 Å². The van der Waals surface area contributed by atoms with Crippen LogP contribution in [0.4, 0.5) is 0 Å². The maximum Gasteiger partial charge on any atom is 0.122 e. The van der Waals surface area contributed by atoms with Gasteiger partial charge in [-0.1, -0.05) is 30.2 Å². The molecule has 0 bridgehead atoms. The van der Waals surface area contributed by atoms with Gasteiger partial charge in [-0.2, -0.15) is 0 Å². The molecule has 0 spiro atoms. The Morgan fingerprint density at radius 2 is 2.21 bits per heavy atom. The summed E-state index contributed by atoms with van der Waals surface area (Å²) in [5, 5.41) is 21.2. The lowest BCUT2D eigenvalue weighted by atomic mass is 9.90. The summed E-state index contributed by atoms with van der Waals surface area (Å²) in [6.45, 7) is 1.61. The second-order valence-electron chi connectivity index (χ2n) is 6.73. The van der Waals surface area contributed by atoms with Gasteiger partial charge < -0.3 is 15.2 Å². The summed E-state index contributed by atoms with van der Waals surface area (Å²) in [5.41, 5.74) is 3.26. The van der Waals surface area contributed by atoms with Gasteiger partial charge in [0.1, 0.15) is 11.4 Å². The molecular weight excluding hydrogens is 304 g/mol. The number of nitrogens with zero attached hydrogens (tertiary/aromatic N) is 3. The average Bonchev–Trinajstić information content (AvgIpc) is 3.28. The lowest BCUT2D eigenvalue weighted by Gasteiger charge is -2.32. The number of hydrogen-bond donors (Lipinski definition) is 2. The second kappa shape index (κ2) is 6.91. The molecule has 2 atom stereocenters. The molecular formula is C18H24N4O2. The molecule has 4 rings (SSSR count). The SMILES string of the molecule is OCc1cn([C@@H]2CCCC[C@@H]2NCc2ccc3c(c2)CCO3)nn1. The van der Waals surface area contributed by atoms with Crippen LogP contribution in [-0.2, 0) is 19.6 Å². The van der Waals surface area contributed by atoms with E-state index in [4.69, 9.17) is 4.74 Å². The van der Waals surface area contributed by atoms with Crippen LogP contribution in [0.25, 0.3) is 0 Å². The van der Waals surface area contributed by atoms with Gasteiger partial charge >= 0.3 is 0 Å². The van der Waals surface area contributed by atoms with Crippen molar-refractivity contribution in [2.75, 3.05) is 6.61 Å². The zero-order chi connectivity index (χ0) is 16.4. The highest BCUT2D eigenvalue weighted by atomic mass is 16.5. The molecule has 1 aliphatic heterocycles. The summed E-state index contributed by atoms with van der Waals surface area (Å²) in [4.78, 5) is 0. The molecule has 6 nitrogen and oxygen atoms in total. The number of benzene rings is 1. The fourth-order valence-electron chi connectivity index (χ4n) is 3.81. The van der Waals surface area contributed by atoms with Gasteiger partial charge in [-0.3, -0.25) is 0 Å². The summed E-state index contributed by atoms with van der Waals surface area (Å²) in [7, 11) is 0. The second-order valence-corrected chi connectivity index (χ2v) is 6.73. The predicted octanol–water partition coefficient (Wildman–Crippen LogP) is 1.98. The van der Waals surface area contributed by atoms with Crippen LogP contribution in [0.1, 0.15) is 48.5 Å². The van der Waals surface area contributed by atoms with Crippen LogP contribution < -0.4 is 10.1 Å². The zero-order valence-corrected chi connectivity index (χ0v) is 13.8. The number of nitrogens with one attached hydrogen (secondary N) is 1. The largest absolute Gasteiger partial charge is 0.493 e. The van der Waals surface area contributed by atoms with Gasteiger partial charge in [-0.25, -0.2) is 4.68 Å². The Morgan fingerprint density at radius 3 is 3.08 bits per heavy atom. The first-order valence-electron chi connectivity index (χ1n) is 8.83. The predicted molar refractivity (Wildman–Crippen MR) is 89.7 cm³/mol. The van der Waals surface area contributed by atoms with Crippen LogP contribution in [-0.4, -0.2) is 32.7 Å². The minimum atomic E-state index is -0.0536. The van der Waals surface area contributed by atoms with Crippen LogP contribution in [0.15, 0.2) is 24.4 Å². The topological polar surface area (TPSA) is 72.2 Å². The van der Waals surface area contributed by atoms with Crippen LogP contribution >= 0.6 is 0 Å². The van der Waals surface area contributed by atoms with Crippen molar-refractivity contribution in [3.63, 3.8) is 0 Å². The average molecular weight is 328 g/mol. The Morgan fingerprint density at radius 1 is 1.29 bits per heavy atom. The number of hydrogen-bond acceptors (Lipinski definition) is 5. The summed E-state index contributed by atoms with van der Waals surface area (Å²) in [6, 6.07) is 7.18. The Hall–Kier alpha value is -1.92. The number of aliphatic hydroxyl groups is 1. The van der Waals surface area contributed by atoms with Gasteiger partial charge in [0.25, 0.3) is 0 Å². The number of rotatable bonds is 5. The number of ether oxygens (including phenoxy) is 1. The van der Waals surface area contributed by atoms with Crippen molar-refractivity contribution >= 4 is 0 Å². The molecule has 1 aromatic carbocycles. The summed E-state index contributed by atoms with van der Waals surface area (Å²) < 4.78 is 7.51. The van der Waals surface area contributed by atoms with Crippen LogP contribution in [0, 0.1) is 0 Å². The number of aliphatic hydroxyl groups excluding tert-OH is 1. The molecule has 1 saturated carbocycles. The van der Waals surface area contributed by atoms with Crippen LogP contribution in [0.3, 0.4) is 0 Å². The summed E-state index contributed by atoms with van der Waals surface area (Å²) >= 11 is 0. The Labute approximate surface area is 141 Å². The molecule has 0 radical (unpaired) electrons. The fourth-order valence-corrected chi connectivity index (χ4v) is 3.81. The van der Waals surface area contributed by atoms with E-state index < -0.39 is 0 Å². The van der Waals surface area contributed by atoms with E-state index in [0.717, 1.165) is 38.2 Å². The summed E-state index contributed by atoms with van der Waals surface area (Å²) in [5.74, 6) is 1.04. The first-order chi connectivity index (χ1) is 11.8. The Bertz CT molecular complexity index is 700. The fraction of sp³-hybridized carbons (Fsp3) is 0.556. The summed E-state index contributed by atoms with van der Waals surface area (Å²) in [6.07, 6.45) is 7.59. The molecule has 6 heteroatoms. The van der Waals surface area contributed by atoms with Crippen LogP contribution in [0.5, 0.6) is 5.75 Å². The smallest absolute Gasteiger partial charge is 0.122 e. The van der Waals surface area contributed by atoms with E-state index in [9.17, 15) is 5.11 Å². The molecule has 0 saturated heterocycles. The number of aromatic nitrogens is 3. The Kier molecular flexibility index (Phi) is 4.49. The lowest BCUT2D eigenvalue weighted by Crippen LogP contribution is -2.39. The molecule has 128 valence electrons. The third-order valence-electron chi connectivity index (χ3n) is 5.11. The third-order valence-corrected chi connectivity index (χ3v) is 5.11.